The lowest BCUT2D eigenvalue weighted by atomic mass is 9.87. The fourth-order valence-electron chi connectivity index (χ4n) is 2.85. The number of nitrogens with two attached hydrogens (primary N) is 1. The molecule has 0 aliphatic carbocycles. The first kappa shape index (κ1) is 15.0. The average molecular weight is 240 g/mol. The minimum absolute atomic E-state index is 0.187. The van der Waals surface area contributed by atoms with Crippen LogP contribution in [-0.2, 0) is 0 Å². The summed E-state index contributed by atoms with van der Waals surface area (Å²) < 4.78 is 0. The Hall–Kier alpha value is -0.0800. The van der Waals surface area contributed by atoms with Gasteiger partial charge in [-0.15, -0.1) is 0 Å². The van der Waals surface area contributed by atoms with E-state index in [4.69, 9.17) is 5.73 Å². The third kappa shape index (κ3) is 4.59. The van der Waals surface area contributed by atoms with E-state index in [9.17, 15) is 0 Å². The maximum atomic E-state index is 6.42. The SMILES string of the molecule is CCCCCCC(N)C(C)(C)N1CCCCC1. The molecule has 0 aromatic carbocycles. The first-order valence-electron chi connectivity index (χ1n) is 7.59. The van der Waals surface area contributed by atoms with Crippen molar-refractivity contribution in [2.45, 2.75) is 83.7 Å². The van der Waals surface area contributed by atoms with Gasteiger partial charge in [0.25, 0.3) is 0 Å². The molecule has 1 rings (SSSR count). The lowest BCUT2D eigenvalue weighted by Crippen LogP contribution is -2.57. The smallest absolute Gasteiger partial charge is 0.0304 e. The molecule has 0 aromatic rings. The number of likely N-dealkylation sites (tertiary alicyclic amines) is 1. The summed E-state index contributed by atoms with van der Waals surface area (Å²) in [6.45, 7) is 9.43. The van der Waals surface area contributed by atoms with Crippen LogP contribution >= 0.6 is 0 Å². The van der Waals surface area contributed by atoms with E-state index < -0.39 is 0 Å². The number of hydrogen-bond donors (Lipinski definition) is 1. The Morgan fingerprint density at radius 2 is 1.71 bits per heavy atom. The molecule has 1 heterocycles. The Morgan fingerprint density at radius 1 is 1.06 bits per heavy atom. The number of hydrogen-bond acceptors (Lipinski definition) is 2. The largest absolute Gasteiger partial charge is 0.326 e. The van der Waals surface area contributed by atoms with Crippen molar-refractivity contribution in [2.24, 2.45) is 5.73 Å². The van der Waals surface area contributed by atoms with Crippen molar-refractivity contribution in [1.82, 2.24) is 4.90 Å². The fourth-order valence-corrected chi connectivity index (χ4v) is 2.85. The fraction of sp³-hybridized carbons (Fsp3) is 1.00. The lowest BCUT2D eigenvalue weighted by Gasteiger charge is -2.44. The van der Waals surface area contributed by atoms with Crippen LogP contribution in [0.3, 0.4) is 0 Å². The molecular formula is C15H32N2. The minimum Gasteiger partial charge on any atom is -0.326 e. The van der Waals surface area contributed by atoms with Crippen LogP contribution in [0.15, 0.2) is 0 Å². The maximum absolute atomic E-state index is 6.42. The summed E-state index contributed by atoms with van der Waals surface area (Å²) in [5.74, 6) is 0. The monoisotopic (exact) mass is 240 g/mol. The molecule has 1 aliphatic rings. The molecule has 0 amide bonds. The Kier molecular flexibility index (Phi) is 6.50. The predicted molar refractivity (Wildman–Crippen MR) is 76.2 cm³/mol. The highest BCUT2D eigenvalue weighted by molar-refractivity contribution is 4.92. The molecule has 2 nitrogen and oxygen atoms in total. The van der Waals surface area contributed by atoms with Crippen LogP contribution in [0.25, 0.3) is 0 Å². The van der Waals surface area contributed by atoms with E-state index in [0.717, 1.165) is 0 Å². The summed E-state index contributed by atoms with van der Waals surface area (Å²) in [6.07, 6.45) is 10.6. The van der Waals surface area contributed by atoms with Gasteiger partial charge in [-0.2, -0.15) is 0 Å². The highest BCUT2D eigenvalue weighted by Crippen LogP contribution is 2.25. The molecule has 0 saturated carbocycles. The number of unbranched alkanes of at least 4 members (excludes halogenated alkanes) is 3. The van der Waals surface area contributed by atoms with E-state index in [1.165, 1.54) is 64.5 Å². The molecule has 2 N–H and O–H groups in total. The van der Waals surface area contributed by atoms with Gasteiger partial charge in [-0.25, -0.2) is 0 Å². The van der Waals surface area contributed by atoms with Gasteiger partial charge in [0.2, 0.25) is 0 Å². The molecule has 1 aliphatic heterocycles. The minimum atomic E-state index is 0.187. The van der Waals surface area contributed by atoms with E-state index in [2.05, 4.69) is 25.7 Å². The van der Waals surface area contributed by atoms with Crippen molar-refractivity contribution in [2.75, 3.05) is 13.1 Å². The third-order valence-electron chi connectivity index (χ3n) is 4.45. The van der Waals surface area contributed by atoms with Crippen LogP contribution in [-0.4, -0.2) is 29.6 Å². The second-order valence-electron chi connectivity index (χ2n) is 6.16. The standard InChI is InChI=1S/C15H32N2/c1-4-5-6-8-11-14(16)15(2,3)17-12-9-7-10-13-17/h14H,4-13,16H2,1-3H3. The molecule has 0 bridgehead atoms. The second-order valence-corrected chi connectivity index (χ2v) is 6.16. The summed E-state index contributed by atoms with van der Waals surface area (Å²) in [5.41, 5.74) is 6.61. The molecule has 0 radical (unpaired) electrons. The summed E-state index contributed by atoms with van der Waals surface area (Å²) >= 11 is 0. The summed E-state index contributed by atoms with van der Waals surface area (Å²) in [5, 5.41) is 0. The van der Waals surface area contributed by atoms with Gasteiger partial charge in [0.1, 0.15) is 0 Å². The summed E-state index contributed by atoms with van der Waals surface area (Å²) in [4.78, 5) is 2.61. The zero-order valence-corrected chi connectivity index (χ0v) is 12.2. The number of piperidine rings is 1. The molecule has 102 valence electrons. The Bertz CT molecular complexity index is 195. The van der Waals surface area contributed by atoms with E-state index in [1.54, 1.807) is 0 Å². The second kappa shape index (κ2) is 7.38. The van der Waals surface area contributed by atoms with Crippen LogP contribution in [0.1, 0.15) is 72.1 Å². The molecular weight excluding hydrogens is 208 g/mol. The van der Waals surface area contributed by atoms with Gasteiger partial charge < -0.3 is 5.73 Å². The first-order chi connectivity index (χ1) is 8.09. The van der Waals surface area contributed by atoms with Gasteiger partial charge >= 0.3 is 0 Å². The normalized spacial score (nSPS) is 20.5. The molecule has 1 saturated heterocycles. The molecule has 1 unspecified atom stereocenters. The molecule has 0 spiro atoms. The van der Waals surface area contributed by atoms with Gasteiger partial charge in [0.15, 0.2) is 0 Å². The third-order valence-corrected chi connectivity index (χ3v) is 4.45. The van der Waals surface area contributed by atoms with Crippen molar-refractivity contribution in [3.63, 3.8) is 0 Å². The van der Waals surface area contributed by atoms with Crippen molar-refractivity contribution >= 4 is 0 Å². The van der Waals surface area contributed by atoms with Crippen molar-refractivity contribution < 1.29 is 0 Å². The molecule has 17 heavy (non-hydrogen) atoms. The quantitative estimate of drug-likeness (QED) is 0.690. The van der Waals surface area contributed by atoms with Crippen molar-refractivity contribution in [3.05, 3.63) is 0 Å². The van der Waals surface area contributed by atoms with Gasteiger partial charge in [0.05, 0.1) is 0 Å². The van der Waals surface area contributed by atoms with Gasteiger partial charge in [-0.1, -0.05) is 39.0 Å². The summed E-state index contributed by atoms with van der Waals surface area (Å²) in [7, 11) is 0. The van der Waals surface area contributed by atoms with Gasteiger partial charge in [-0.05, 0) is 46.2 Å². The lowest BCUT2D eigenvalue weighted by molar-refractivity contribution is 0.0698. The van der Waals surface area contributed by atoms with Gasteiger partial charge in [-0.3, -0.25) is 4.90 Å². The highest BCUT2D eigenvalue weighted by atomic mass is 15.2. The van der Waals surface area contributed by atoms with Gasteiger partial charge in [0, 0.05) is 11.6 Å². The first-order valence-corrected chi connectivity index (χ1v) is 7.59. The van der Waals surface area contributed by atoms with E-state index in [1.807, 2.05) is 0 Å². The average Bonchev–Trinajstić information content (AvgIpc) is 2.35. The van der Waals surface area contributed by atoms with E-state index >= 15 is 0 Å². The molecule has 2 heteroatoms. The summed E-state index contributed by atoms with van der Waals surface area (Å²) in [6, 6.07) is 0.331. The Balaban J connectivity index is 2.33. The predicted octanol–water partition coefficient (Wildman–Crippen LogP) is 3.55. The zero-order chi connectivity index (χ0) is 12.7. The number of nitrogens with zero attached hydrogens (tertiary/aromatic N) is 1. The van der Waals surface area contributed by atoms with Crippen molar-refractivity contribution in [3.8, 4) is 0 Å². The van der Waals surface area contributed by atoms with E-state index in [0.29, 0.717) is 6.04 Å². The molecule has 1 atom stereocenters. The molecule has 0 aromatic heterocycles. The van der Waals surface area contributed by atoms with Crippen LogP contribution < -0.4 is 5.73 Å². The Morgan fingerprint density at radius 3 is 2.29 bits per heavy atom. The number of rotatable bonds is 7. The zero-order valence-electron chi connectivity index (χ0n) is 12.2. The maximum Gasteiger partial charge on any atom is 0.0304 e. The van der Waals surface area contributed by atoms with Crippen LogP contribution in [0, 0.1) is 0 Å². The van der Waals surface area contributed by atoms with Crippen LogP contribution in [0.2, 0.25) is 0 Å². The van der Waals surface area contributed by atoms with Crippen LogP contribution in [0.4, 0.5) is 0 Å². The highest BCUT2D eigenvalue weighted by Gasteiger charge is 2.33. The Labute approximate surface area is 108 Å². The van der Waals surface area contributed by atoms with Crippen LogP contribution in [0.5, 0.6) is 0 Å². The molecule has 1 fully saturated rings. The van der Waals surface area contributed by atoms with Crippen molar-refractivity contribution in [1.29, 1.82) is 0 Å². The topological polar surface area (TPSA) is 29.3 Å². The van der Waals surface area contributed by atoms with E-state index in [-0.39, 0.29) is 5.54 Å².